The Balaban J connectivity index is 2.34. The van der Waals surface area contributed by atoms with Crippen LogP contribution in [0.3, 0.4) is 0 Å². The molecule has 0 aliphatic rings. The Morgan fingerprint density at radius 2 is 1.53 bits per heavy atom. The number of ketones is 1. The molecule has 0 atom stereocenters. The van der Waals surface area contributed by atoms with E-state index in [0.29, 0.717) is 0 Å². The van der Waals surface area contributed by atoms with Crippen LogP contribution in [-0.4, -0.2) is 30.9 Å². The summed E-state index contributed by atoms with van der Waals surface area (Å²) in [4.78, 5) is 34.0. The summed E-state index contributed by atoms with van der Waals surface area (Å²) in [6.07, 6.45) is 0. The third-order valence-electron chi connectivity index (χ3n) is 2.12. The first kappa shape index (κ1) is 14.6. The van der Waals surface area contributed by atoms with Crippen LogP contribution in [0.2, 0.25) is 0 Å². The quantitative estimate of drug-likeness (QED) is 0.256. The smallest absolute Gasteiger partial charge is 0.379 e. The van der Waals surface area contributed by atoms with Crippen molar-refractivity contribution in [1.29, 1.82) is 0 Å². The lowest BCUT2D eigenvalue weighted by atomic mass is 10.1. The Morgan fingerprint density at radius 3 is 2.05 bits per heavy atom. The number of rotatable bonds is 6. The van der Waals surface area contributed by atoms with E-state index < -0.39 is 17.7 Å². The van der Waals surface area contributed by atoms with Crippen LogP contribution < -0.4 is 0 Å². The van der Waals surface area contributed by atoms with E-state index in [4.69, 9.17) is 9.47 Å². The molecule has 0 fully saturated rings. The molecule has 0 heterocycles. The fourth-order valence-electron chi connectivity index (χ4n) is 1.16. The number of Topliss-reactive ketones (excluding diaryl/α,β-unsaturated/α-hetero) is 1. The first-order valence-corrected chi connectivity index (χ1v) is 5.61. The highest BCUT2D eigenvalue weighted by molar-refractivity contribution is 6.40. The second-order valence-electron chi connectivity index (χ2n) is 3.75. The first-order valence-electron chi connectivity index (χ1n) is 5.61. The Kier molecular flexibility index (Phi) is 5.47. The zero-order valence-corrected chi connectivity index (χ0v) is 10.5. The fourth-order valence-corrected chi connectivity index (χ4v) is 1.16. The van der Waals surface area contributed by atoms with Crippen molar-refractivity contribution in [2.24, 2.45) is 0 Å². The van der Waals surface area contributed by atoms with Gasteiger partial charge in [0.1, 0.15) is 13.2 Å². The molecule has 1 aromatic carbocycles. The molecule has 0 aromatic heterocycles. The molecular weight excluding hydrogens is 248 g/mol. The molecule has 0 saturated heterocycles. The molecule has 1 aromatic rings. The van der Waals surface area contributed by atoms with Gasteiger partial charge in [0.2, 0.25) is 0 Å². The second-order valence-corrected chi connectivity index (χ2v) is 3.75. The maximum atomic E-state index is 11.6. The van der Waals surface area contributed by atoms with Crippen LogP contribution in [0.1, 0.15) is 17.3 Å². The highest BCUT2D eigenvalue weighted by atomic mass is 16.6. The lowest BCUT2D eigenvalue weighted by Crippen LogP contribution is -2.20. The molecule has 19 heavy (non-hydrogen) atoms. The Morgan fingerprint density at radius 1 is 1.00 bits per heavy atom. The van der Waals surface area contributed by atoms with Gasteiger partial charge in [-0.15, -0.1) is 0 Å². The summed E-state index contributed by atoms with van der Waals surface area (Å²) >= 11 is 0. The number of carbonyl (C=O) groups is 3. The molecule has 0 saturated carbocycles. The van der Waals surface area contributed by atoms with Gasteiger partial charge in [-0.2, -0.15) is 0 Å². The predicted molar refractivity (Wildman–Crippen MR) is 67.5 cm³/mol. The van der Waals surface area contributed by atoms with Gasteiger partial charge in [0.25, 0.3) is 5.78 Å². The number of benzene rings is 1. The number of esters is 2. The molecule has 5 heteroatoms. The molecule has 100 valence electrons. The first-order chi connectivity index (χ1) is 9.02. The van der Waals surface area contributed by atoms with Gasteiger partial charge in [0, 0.05) is 11.1 Å². The summed E-state index contributed by atoms with van der Waals surface area (Å²) in [7, 11) is 0. The molecule has 0 N–H and O–H groups in total. The monoisotopic (exact) mass is 262 g/mol. The van der Waals surface area contributed by atoms with Crippen LogP contribution in [0.25, 0.3) is 0 Å². The second kappa shape index (κ2) is 7.10. The molecule has 0 amide bonds. The van der Waals surface area contributed by atoms with Gasteiger partial charge in [0.15, 0.2) is 0 Å². The molecule has 5 nitrogen and oxygen atoms in total. The predicted octanol–water partition coefficient (Wildman–Crippen LogP) is 1.53. The normalized spacial score (nSPS) is 9.53. The molecule has 0 unspecified atom stereocenters. The Bertz CT molecular complexity index is 490. The van der Waals surface area contributed by atoms with Crippen LogP contribution in [0.4, 0.5) is 0 Å². The SMILES string of the molecule is C=C(C)C(=O)OCCOC(=O)C(=O)c1ccccc1. The van der Waals surface area contributed by atoms with Crippen molar-refractivity contribution in [3.63, 3.8) is 0 Å². The van der Waals surface area contributed by atoms with Crippen molar-refractivity contribution in [3.05, 3.63) is 48.0 Å². The van der Waals surface area contributed by atoms with Gasteiger partial charge >= 0.3 is 11.9 Å². The average molecular weight is 262 g/mol. The van der Waals surface area contributed by atoms with Crippen LogP contribution >= 0.6 is 0 Å². The third kappa shape index (κ3) is 4.75. The van der Waals surface area contributed by atoms with Crippen LogP contribution in [0, 0.1) is 0 Å². The van der Waals surface area contributed by atoms with Crippen molar-refractivity contribution in [1.82, 2.24) is 0 Å². The van der Waals surface area contributed by atoms with Crippen LogP contribution in [-0.2, 0) is 19.1 Å². The molecule has 0 aliphatic heterocycles. The summed E-state index contributed by atoms with van der Waals surface area (Å²) in [6, 6.07) is 8.07. The summed E-state index contributed by atoms with van der Waals surface area (Å²) in [5, 5.41) is 0. The minimum atomic E-state index is -0.974. The number of carbonyl (C=O) groups excluding carboxylic acids is 3. The van der Waals surface area contributed by atoms with Crippen molar-refractivity contribution in [3.8, 4) is 0 Å². The van der Waals surface area contributed by atoms with Gasteiger partial charge in [-0.25, -0.2) is 9.59 Å². The van der Waals surface area contributed by atoms with E-state index in [-0.39, 0.29) is 24.4 Å². The maximum absolute atomic E-state index is 11.6. The number of ether oxygens (including phenoxy) is 2. The van der Waals surface area contributed by atoms with E-state index in [1.54, 1.807) is 18.2 Å². The summed E-state index contributed by atoms with van der Waals surface area (Å²) in [5.41, 5.74) is 0.512. The van der Waals surface area contributed by atoms with Gasteiger partial charge in [-0.05, 0) is 6.92 Å². The third-order valence-corrected chi connectivity index (χ3v) is 2.12. The topological polar surface area (TPSA) is 69.7 Å². The van der Waals surface area contributed by atoms with Gasteiger partial charge in [-0.1, -0.05) is 36.9 Å². The van der Waals surface area contributed by atoms with Gasteiger partial charge in [0.05, 0.1) is 0 Å². The van der Waals surface area contributed by atoms with E-state index in [1.165, 1.54) is 19.1 Å². The van der Waals surface area contributed by atoms with E-state index in [9.17, 15) is 14.4 Å². The van der Waals surface area contributed by atoms with Gasteiger partial charge < -0.3 is 9.47 Å². The minimum absolute atomic E-state index is 0.112. The molecule has 0 aliphatic carbocycles. The lowest BCUT2D eigenvalue weighted by Gasteiger charge is -2.05. The summed E-state index contributed by atoms with van der Waals surface area (Å²) in [6.45, 7) is 4.63. The zero-order valence-electron chi connectivity index (χ0n) is 10.5. The molecule has 0 radical (unpaired) electrons. The van der Waals surface area contributed by atoms with Crippen LogP contribution in [0.15, 0.2) is 42.5 Å². The molecule has 0 bridgehead atoms. The van der Waals surface area contributed by atoms with E-state index >= 15 is 0 Å². The molecule has 1 rings (SSSR count). The van der Waals surface area contributed by atoms with Crippen molar-refractivity contribution < 1.29 is 23.9 Å². The van der Waals surface area contributed by atoms with E-state index in [2.05, 4.69) is 6.58 Å². The molecular formula is C14H14O5. The highest BCUT2D eigenvalue weighted by Crippen LogP contribution is 2.01. The number of hydrogen-bond acceptors (Lipinski definition) is 5. The average Bonchev–Trinajstić information content (AvgIpc) is 2.43. The Hall–Kier alpha value is -2.43. The largest absolute Gasteiger partial charge is 0.459 e. The standard InChI is InChI=1S/C14H14O5/c1-10(2)13(16)18-8-9-19-14(17)12(15)11-6-4-3-5-7-11/h3-7H,1,8-9H2,2H3. The van der Waals surface area contributed by atoms with Crippen LogP contribution in [0.5, 0.6) is 0 Å². The zero-order chi connectivity index (χ0) is 14.3. The van der Waals surface area contributed by atoms with Crippen molar-refractivity contribution in [2.75, 3.05) is 13.2 Å². The Labute approximate surface area is 110 Å². The summed E-state index contributed by atoms with van der Waals surface area (Å²) in [5.74, 6) is -2.27. The minimum Gasteiger partial charge on any atom is -0.459 e. The lowest BCUT2D eigenvalue weighted by molar-refractivity contribution is -0.146. The fraction of sp³-hybridized carbons (Fsp3) is 0.214. The van der Waals surface area contributed by atoms with E-state index in [0.717, 1.165) is 0 Å². The van der Waals surface area contributed by atoms with Crippen molar-refractivity contribution >= 4 is 17.7 Å². The highest BCUT2D eigenvalue weighted by Gasteiger charge is 2.17. The maximum Gasteiger partial charge on any atom is 0.379 e. The van der Waals surface area contributed by atoms with Crippen molar-refractivity contribution in [2.45, 2.75) is 6.92 Å². The summed E-state index contributed by atoms with van der Waals surface area (Å²) < 4.78 is 9.41. The van der Waals surface area contributed by atoms with Gasteiger partial charge in [-0.3, -0.25) is 4.79 Å². The molecule has 0 spiro atoms. The number of hydrogen-bond donors (Lipinski definition) is 0. The van der Waals surface area contributed by atoms with E-state index in [1.807, 2.05) is 0 Å².